The Morgan fingerprint density at radius 1 is 1.11 bits per heavy atom. The van der Waals surface area contributed by atoms with Crippen LogP contribution in [0.3, 0.4) is 0 Å². The molecule has 2 aliphatic rings. The Bertz CT molecular complexity index is 408. The maximum absolute atomic E-state index is 11.8. The minimum Gasteiger partial charge on any atom is -0.481 e. The lowest BCUT2D eigenvalue weighted by atomic mass is 9.58. The van der Waals surface area contributed by atoms with Gasteiger partial charge in [-0.2, -0.15) is 0 Å². The highest BCUT2D eigenvalue weighted by atomic mass is 16.4. The average Bonchev–Trinajstić information content (AvgIpc) is 2.39. The minimum absolute atomic E-state index is 0.0778. The van der Waals surface area contributed by atoms with Gasteiger partial charge in [-0.25, -0.2) is 0 Å². The molecule has 1 saturated carbocycles. The fourth-order valence-electron chi connectivity index (χ4n) is 3.69. The summed E-state index contributed by atoms with van der Waals surface area (Å²) in [6.45, 7) is 1.67. The molecular weight excluding hydrogens is 244 g/mol. The summed E-state index contributed by atoms with van der Waals surface area (Å²) in [5, 5.41) is 19.1. The van der Waals surface area contributed by atoms with Crippen LogP contribution in [0.1, 0.15) is 51.9 Å². The van der Waals surface area contributed by atoms with Gasteiger partial charge in [-0.15, -0.1) is 0 Å². The van der Waals surface area contributed by atoms with Crippen LogP contribution in [-0.2, 0) is 9.59 Å². The Balaban J connectivity index is 2.34. The van der Waals surface area contributed by atoms with E-state index in [0.29, 0.717) is 6.42 Å². The van der Waals surface area contributed by atoms with Gasteiger partial charge in [0.1, 0.15) is 0 Å². The zero-order valence-electron chi connectivity index (χ0n) is 11.4. The maximum Gasteiger partial charge on any atom is 0.313 e. The smallest absolute Gasteiger partial charge is 0.313 e. The molecule has 0 aromatic carbocycles. The van der Waals surface area contributed by atoms with Gasteiger partial charge in [-0.3, -0.25) is 9.59 Å². The van der Waals surface area contributed by atoms with E-state index in [2.05, 4.69) is 0 Å². The van der Waals surface area contributed by atoms with E-state index < -0.39 is 22.8 Å². The van der Waals surface area contributed by atoms with Crippen LogP contribution in [0.15, 0.2) is 12.2 Å². The number of carboxylic acid groups (broad SMARTS) is 2. The predicted molar refractivity (Wildman–Crippen MR) is 70.8 cm³/mol. The van der Waals surface area contributed by atoms with Crippen LogP contribution >= 0.6 is 0 Å². The maximum atomic E-state index is 11.8. The number of hydrogen-bond acceptors (Lipinski definition) is 2. The lowest BCUT2D eigenvalue weighted by Crippen LogP contribution is -2.46. The van der Waals surface area contributed by atoms with E-state index in [9.17, 15) is 19.8 Å². The van der Waals surface area contributed by atoms with Gasteiger partial charge in [0.25, 0.3) is 0 Å². The lowest BCUT2D eigenvalue weighted by Gasteiger charge is -2.44. The molecule has 0 aliphatic heterocycles. The molecule has 0 heterocycles. The van der Waals surface area contributed by atoms with E-state index in [1.807, 2.05) is 0 Å². The van der Waals surface area contributed by atoms with Crippen molar-refractivity contribution in [2.45, 2.75) is 51.9 Å². The number of hydrogen-bond donors (Lipinski definition) is 2. The molecule has 106 valence electrons. The van der Waals surface area contributed by atoms with E-state index in [4.69, 9.17) is 0 Å². The molecule has 0 bridgehead atoms. The van der Waals surface area contributed by atoms with E-state index in [0.717, 1.165) is 32.1 Å². The Kier molecular flexibility index (Phi) is 3.70. The molecule has 2 atom stereocenters. The van der Waals surface area contributed by atoms with Crippen molar-refractivity contribution in [2.75, 3.05) is 0 Å². The monoisotopic (exact) mass is 266 g/mol. The van der Waals surface area contributed by atoms with Gasteiger partial charge < -0.3 is 10.2 Å². The number of carbonyl (C=O) groups is 2. The standard InChI is InChI=1S/C15H22O4/c1-14(12(16)17)8-5-9-15(10-14,13(18)19)11-6-3-2-4-7-11/h5,9,11H,2-4,6-8,10H2,1H3,(H,16,17)(H,18,19). The SMILES string of the molecule is CC1(C(=O)O)CC=CC(C(=O)O)(C2CCCCC2)C1. The highest BCUT2D eigenvalue weighted by molar-refractivity contribution is 5.81. The lowest BCUT2D eigenvalue weighted by molar-refractivity contribution is -0.159. The highest BCUT2D eigenvalue weighted by Crippen LogP contribution is 2.51. The van der Waals surface area contributed by atoms with Crippen LogP contribution < -0.4 is 0 Å². The Morgan fingerprint density at radius 3 is 2.26 bits per heavy atom. The van der Waals surface area contributed by atoms with Crippen molar-refractivity contribution < 1.29 is 19.8 Å². The first-order chi connectivity index (χ1) is 8.91. The van der Waals surface area contributed by atoms with Crippen molar-refractivity contribution in [1.82, 2.24) is 0 Å². The third-order valence-electron chi connectivity index (χ3n) is 4.91. The predicted octanol–water partition coefficient (Wildman–Crippen LogP) is 3.08. The summed E-state index contributed by atoms with van der Waals surface area (Å²) in [6.07, 6.45) is 9.23. The fraction of sp³-hybridized carbons (Fsp3) is 0.733. The molecule has 0 aromatic rings. The van der Waals surface area contributed by atoms with Gasteiger partial charge in [0, 0.05) is 0 Å². The van der Waals surface area contributed by atoms with Crippen LogP contribution in [-0.4, -0.2) is 22.2 Å². The Morgan fingerprint density at radius 2 is 1.74 bits per heavy atom. The van der Waals surface area contributed by atoms with Gasteiger partial charge in [0.15, 0.2) is 0 Å². The normalized spacial score (nSPS) is 36.1. The van der Waals surface area contributed by atoms with E-state index in [1.54, 1.807) is 19.1 Å². The Labute approximate surface area is 113 Å². The third-order valence-corrected chi connectivity index (χ3v) is 4.91. The molecule has 2 unspecified atom stereocenters. The summed E-state index contributed by atoms with van der Waals surface area (Å²) in [4.78, 5) is 23.3. The second kappa shape index (κ2) is 4.99. The summed E-state index contributed by atoms with van der Waals surface area (Å²) >= 11 is 0. The summed E-state index contributed by atoms with van der Waals surface area (Å²) in [7, 11) is 0. The third kappa shape index (κ3) is 2.40. The van der Waals surface area contributed by atoms with Crippen molar-refractivity contribution in [3.05, 3.63) is 12.2 Å². The zero-order valence-corrected chi connectivity index (χ0v) is 11.4. The fourth-order valence-corrected chi connectivity index (χ4v) is 3.69. The zero-order chi connectivity index (χ0) is 14.1. The van der Waals surface area contributed by atoms with E-state index in [-0.39, 0.29) is 12.3 Å². The molecule has 0 radical (unpaired) electrons. The molecule has 4 nitrogen and oxygen atoms in total. The molecule has 2 N–H and O–H groups in total. The van der Waals surface area contributed by atoms with E-state index in [1.165, 1.54) is 0 Å². The first kappa shape index (κ1) is 14.1. The molecule has 0 amide bonds. The molecule has 0 aromatic heterocycles. The van der Waals surface area contributed by atoms with Gasteiger partial charge >= 0.3 is 11.9 Å². The molecule has 0 spiro atoms. The summed E-state index contributed by atoms with van der Waals surface area (Å²) in [5.41, 5.74) is -1.93. The van der Waals surface area contributed by atoms with E-state index >= 15 is 0 Å². The van der Waals surface area contributed by atoms with Crippen molar-refractivity contribution in [1.29, 1.82) is 0 Å². The van der Waals surface area contributed by atoms with Crippen LogP contribution in [0.5, 0.6) is 0 Å². The molecule has 1 fully saturated rings. The summed E-state index contributed by atoms with van der Waals surface area (Å²) in [6, 6.07) is 0. The van der Waals surface area contributed by atoms with Gasteiger partial charge in [-0.05, 0) is 38.5 Å². The number of aliphatic carboxylic acids is 2. The first-order valence-corrected chi connectivity index (χ1v) is 7.05. The van der Waals surface area contributed by atoms with Gasteiger partial charge in [0.05, 0.1) is 10.8 Å². The number of allylic oxidation sites excluding steroid dienone is 1. The minimum atomic E-state index is -0.980. The average molecular weight is 266 g/mol. The molecule has 0 saturated heterocycles. The van der Waals surface area contributed by atoms with Crippen molar-refractivity contribution in [3.8, 4) is 0 Å². The highest BCUT2D eigenvalue weighted by Gasteiger charge is 2.52. The van der Waals surface area contributed by atoms with Crippen molar-refractivity contribution in [2.24, 2.45) is 16.7 Å². The van der Waals surface area contributed by atoms with Crippen LogP contribution in [0.4, 0.5) is 0 Å². The summed E-state index contributed by atoms with van der Waals surface area (Å²) < 4.78 is 0. The molecule has 2 aliphatic carbocycles. The first-order valence-electron chi connectivity index (χ1n) is 7.05. The molecule has 19 heavy (non-hydrogen) atoms. The van der Waals surface area contributed by atoms with Gasteiger partial charge in [0.2, 0.25) is 0 Å². The number of rotatable bonds is 3. The summed E-state index contributed by atoms with van der Waals surface area (Å²) in [5.74, 6) is -1.67. The largest absolute Gasteiger partial charge is 0.481 e. The quantitative estimate of drug-likeness (QED) is 0.770. The molecular formula is C15H22O4. The van der Waals surface area contributed by atoms with Gasteiger partial charge in [-0.1, -0.05) is 31.4 Å². The molecule has 4 heteroatoms. The molecule has 2 rings (SSSR count). The van der Waals surface area contributed by atoms with Crippen molar-refractivity contribution >= 4 is 11.9 Å². The topological polar surface area (TPSA) is 74.6 Å². The Hall–Kier alpha value is -1.32. The number of carboxylic acids is 2. The van der Waals surface area contributed by atoms with Crippen molar-refractivity contribution in [3.63, 3.8) is 0 Å². The van der Waals surface area contributed by atoms with Crippen LogP contribution in [0, 0.1) is 16.7 Å². The second-order valence-corrected chi connectivity index (χ2v) is 6.33. The van der Waals surface area contributed by atoms with Crippen LogP contribution in [0.25, 0.3) is 0 Å². The van der Waals surface area contributed by atoms with Crippen LogP contribution in [0.2, 0.25) is 0 Å². The second-order valence-electron chi connectivity index (χ2n) is 6.33.